The molecule has 0 fully saturated rings. The summed E-state index contributed by atoms with van der Waals surface area (Å²) in [7, 11) is 0. The van der Waals surface area contributed by atoms with Gasteiger partial charge in [0.2, 0.25) is 0 Å². The predicted octanol–water partition coefficient (Wildman–Crippen LogP) is 0.954. The lowest BCUT2D eigenvalue weighted by Crippen LogP contribution is -2.20. The summed E-state index contributed by atoms with van der Waals surface area (Å²) in [5.41, 5.74) is 0.515. The van der Waals surface area contributed by atoms with Crippen LogP contribution in [0.1, 0.15) is 18.6 Å². The summed E-state index contributed by atoms with van der Waals surface area (Å²) in [6.07, 6.45) is 0.831. The average Bonchev–Trinajstić information content (AvgIpc) is 2.65. The van der Waals surface area contributed by atoms with E-state index in [-0.39, 0.29) is 10.9 Å². The van der Waals surface area contributed by atoms with Crippen LogP contribution in [0.4, 0.5) is 0 Å². The lowest BCUT2D eigenvalue weighted by molar-refractivity contribution is -0.109. The van der Waals surface area contributed by atoms with Crippen LogP contribution >= 0.6 is 11.8 Å². The van der Waals surface area contributed by atoms with Gasteiger partial charge >= 0.3 is 0 Å². The van der Waals surface area contributed by atoms with Gasteiger partial charge in [-0.25, -0.2) is 0 Å². The second-order valence-electron chi connectivity index (χ2n) is 2.87. The molecule has 78 valence electrons. The zero-order valence-electron chi connectivity index (χ0n) is 7.71. The topological polar surface area (TPSA) is 70.7 Å². The third-order valence-electron chi connectivity index (χ3n) is 1.71. The van der Waals surface area contributed by atoms with Gasteiger partial charge in [-0.05, 0) is 6.07 Å². The number of thioether (sulfide) groups is 1. The lowest BCUT2D eigenvalue weighted by Gasteiger charge is -2.14. The van der Waals surface area contributed by atoms with Gasteiger partial charge in [0, 0.05) is 18.2 Å². The third-order valence-corrected chi connectivity index (χ3v) is 2.62. The van der Waals surface area contributed by atoms with Crippen LogP contribution in [0.2, 0.25) is 0 Å². The molecule has 0 radical (unpaired) electrons. The molecule has 1 aromatic heterocycles. The number of aliphatic hydroxyl groups is 2. The Hall–Kier alpha value is -0.780. The van der Waals surface area contributed by atoms with E-state index in [1.54, 1.807) is 6.07 Å². The molecule has 1 heterocycles. The van der Waals surface area contributed by atoms with Crippen molar-refractivity contribution in [2.24, 2.45) is 0 Å². The quantitative estimate of drug-likeness (QED) is 0.784. The van der Waals surface area contributed by atoms with Crippen molar-refractivity contribution < 1.29 is 19.4 Å². The molecule has 1 aromatic rings. The van der Waals surface area contributed by atoms with E-state index in [2.05, 4.69) is 0 Å². The van der Waals surface area contributed by atoms with Gasteiger partial charge in [-0.1, -0.05) is 11.8 Å². The van der Waals surface area contributed by atoms with Crippen LogP contribution in [0.15, 0.2) is 23.0 Å². The van der Waals surface area contributed by atoms with Crippen molar-refractivity contribution in [2.75, 3.05) is 5.75 Å². The monoisotopic (exact) mass is 216 g/mol. The molecule has 0 saturated carbocycles. The van der Waals surface area contributed by atoms with Crippen LogP contribution in [-0.4, -0.2) is 27.2 Å². The largest absolute Gasteiger partial charge is 0.472 e. The molecular weight excluding hydrogens is 204 g/mol. The van der Waals surface area contributed by atoms with Crippen molar-refractivity contribution in [3.05, 3.63) is 24.2 Å². The van der Waals surface area contributed by atoms with Gasteiger partial charge < -0.3 is 14.6 Å². The summed E-state index contributed by atoms with van der Waals surface area (Å²) >= 11 is 0.985. The summed E-state index contributed by atoms with van der Waals surface area (Å²) in [5, 5.41) is 18.9. The Labute approximate surface area is 85.9 Å². The van der Waals surface area contributed by atoms with E-state index >= 15 is 0 Å². The zero-order chi connectivity index (χ0) is 10.6. The van der Waals surface area contributed by atoms with Gasteiger partial charge in [0.15, 0.2) is 5.12 Å². The van der Waals surface area contributed by atoms with E-state index < -0.39 is 12.2 Å². The fraction of sp³-hybridized carbons (Fsp3) is 0.444. The summed E-state index contributed by atoms with van der Waals surface area (Å²) in [4.78, 5) is 10.6. The SMILES string of the molecule is CC(=O)SCC(O)C(O)c1ccoc1. The van der Waals surface area contributed by atoms with E-state index in [0.717, 1.165) is 11.8 Å². The van der Waals surface area contributed by atoms with Gasteiger partial charge in [0.25, 0.3) is 0 Å². The van der Waals surface area contributed by atoms with E-state index in [0.29, 0.717) is 5.56 Å². The van der Waals surface area contributed by atoms with Crippen LogP contribution in [0.25, 0.3) is 0 Å². The fourth-order valence-electron chi connectivity index (χ4n) is 0.959. The Morgan fingerprint density at radius 3 is 2.86 bits per heavy atom. The highest BCUT2D eigenvalue weighted by molar-refractivity contribution is 8.13. The van der Waals surface area contributed by atoms with Gasteiger partial charge in [-0.3, -0.25) is 4.79 Å². The maximum atomic E-state index is 10.6. The highest BCUT2D eigenvalue weighted by Gasteiger charge is 2.19. The standard InChI is InChI=1S/C9H12O4S/c1-6(10)14-5-8(11)9(12)7-2-3-13-4-7/h2-4,8-9,11-12H,5H2,1H3. The van der Waals surface area contributed by atoms with Crippen LogP contribution < -0.4 is 0 Å². The van der Waals surface area contributed by atoms with Crippen LogP contribution in [0.3, 0.4) is 0 Å². The molecule has 0 amide bonds. The van der Waals surface area contributed by atoms with E-state index in [4.69, 9.17) is 4.42 Å². The molecule has 1 rings (SSSR count). The van der Waals surface area contributed by atoms with Crippen molar-refractivity contribution >= 4 is 16.9 Å². The number of carbonyl (C=O) groups excluding carboxylic acids is 1. The number of aliphatic hydroxyl groups excluding tert-OH is 2. The molecule has 0 aromatic carbocycles. The summed E-state index contributed by atoms with van der Waals surface area (Å²) in [6.45, 7) is 1.42. The number of hydrogen-bond acceptors (Lipinski definition) is 5. The number of furan rings is 1. The molecule has 4 nitrogen and oxygen atoms in total. The minimum atomic E-state index is -0.999. The Kier molecular flexibility index (Phi) is 4.19. The van der Waals surface area contributed by atoms with Crippen molar-refractivity contribution in [1.82, 2.24) is 0 Å². The first kappa shape index (κ1) is 11.3. The molecule has 0 bridgehead atoms. The molecule has 5 heteroatoms. The van der Waals surface area contributed by atoms with Gasteiger partial charge in [0.05, 0.1) is 18.6 Å². The fourth-order valence-corrected chi connectivity index (χ4v) is 1.55. The van der Waals surface area contributed by atoms with Crippen LogP contribution in [0.5, 0.6) is 0 Å². The van der Waals surface area contributed by atoms with Gasteiger partial charge in [-0.2, -0.15) is 0 Å². The van der Waals surface area contributed by atoms with Crippen molar-refractivity contribution in [2.45, 2.75) is 19.1 Å². The second-order valence-corrected chi connectivity index (χ2v) is 4.07. The molecule has 0 saturated heterocycles. The van der Waals surface area contributed by atoms with Gasteiger partial charge in [-0.15, -0.1) is 0 Å². The van der Waals surface area contributed by atoms with E-state index in [1.807, 2.05) is 0 Å². The predicted molar refractivity (Wildman–Crippen MR) is 52.8 cm³/mol. The summed E-state index contributed by atoms with van der Waals surface area (Å²) in [5.74, 6) is 0.182. The first-order valence-corrected chi connectivity index (χ1v) is 5.11. The molecule has 0 aliphatic rings. The van der Waals surface area contributed by atoms with Crippen molar-refractivity contribution in [3.63, 3.8) is 0 Å². The van der Waals surface area contributed by atoms with Gasteiger partial charge in [0.1, 0.15) is 6.10 Å². The molecule has 0 spiro atoms. The number of hydrogen-bond donors (Lipinski definition) is 2. The van der Waals surface area contributed by atoms with Crippen LogP contribution in [-0.2, 0) is 4.79 Å². The molecule has 0 aliphatic heterocycles. The van der Waals surface area contributed by atoms with E-state index in [1.165, 1.54) is 19.5 Å². The molecule has 0 aliphatic carbocycles. The Balaban J connectivity index is 2.44. The Morgan fingerprint density at radius 2 is 2.36 bits per heavy atom. The Morgan fingerprint density at radius 1 is 1.64 bits per heavy atom. The second kappa shape index (κ2) is 5.19. The lowest BCUT2D eigenvalue weighted by atomic mass is 10.1. The molecule has 2 atom stereocenters. The smallest absolute Gasteiger partial charge is 0.185 e. The Bertz CT molecular complexity index is 283. The molecule has 2 unspecified atom stereocenters. The molecule has 14 heavy (non-hydrogen) atoms. The normalized spacial score (nSPS) is 15.1. The third kappa shape index (κ3) is 3.17. The molecule has 2 N–H and O–H groups in total. The molecular formula is C9H12O4S. The number of carbonyl (C=O) groups is 1. The minimum Gasteiger partial charge on any atom is -0.472 e. The summed E-state index contributed by atoms with van der Waals surface area (Å²) < 4.78 is 4.77. The maximum absolute atomic E-state index is 10.6. The first-order valence-electron chi connectivity index (χ1n) is 4.13. The van der Waals surface area contributed by atoms with Crippen molar-refractivity contribution in [3.8, 4) is 0 Å². The minimum absolute atomic E-state index is 0.0801. The highest BCUT2D eigenvalue weighted by Crippen LogP contribution is 2.20. The zero-order valence-corrected chi connectivity index (χ0v) is 8.53. The van der Waals surface area contributed by atoms with E-state index in [9.17, 15) is 15.0 Å². The first-order chi connectivity index (χ1) is 6.61. The van der Waals surface area contributed by atoms with Crippen LogP contribution in [0, 0.1) is 0 Å². The summed E-state index contributed by atoms with van der Waals surface area (Å²) in [6, 6.07) is 1.58. The average molecular weight is 216 g/mol. The van der Waals surface area contributed by atoms with Crippen molar-refractivity contribution in [1.29, 1.82) is 0 Å². The maximum Gasteiger partial charge on any atom is 0.185 e. The number of rotatable bonds is 4. The highest BCUT2D eigenvalue weighted by atomic mass is 32.2.